The van der Waals surface area contributed by atoms with E-state index in [1.165, 1.54) is 5.56 Å². The van der Waals surface area contributed by atoms with Gasteiger partial charge in [0.25, 0.3) is 5.91 Å². The van der Waals surface area contributed by atoms with Gasteiger partial charge in [-0.2, -0.15) is 0 Å². The summed E-state index contributed by atoms with van der Waals surface area (Å²) in [6.45, 7) is 1.95. The zero-order valence-corrected chi connectivity index (χ0v) is 19.7. The van der Waals surface area contributed by atoms with Gasteiger partial charge in [-0.15, -0.1) is 0 Å². The number of anilines is 2. The van der Waals surface area contributed by atoms with E-state index in [1.54, 1.807) is 24.3 Å². The van der Waals surface area contributed by atoms with E-state index in [4.69, 9.17) is 9.47 Å². The molecule has 0 saturated carbocycles. The van der Waals surface area contributed by atoms with Gasteiger partial charge in [-0.1, -0.05) is 36.4 Å². The van der Waals surface area contributed by atoms with Crippen LogP contribution in [0.1, 0.15) is 28.8 Å². The summed E-state index contributed by atoms with van der Waals surface area (Å²) < 4.78 is 11.3. The molecule has 3 N–H and O–H groups in total. The molecular weight excluding hydrogens is 442 g/mol. The zero-order valence-electron chi connectivity index (χ0n) is 19.7. The minimum atomic E-state index is -0.204. The second-order valence-corrected chi connectivity index (χ2v) is 8.44. The Kier molecular flexibility index (Phi) is 8.73. The maximum absolute atomic E-state index is 12.4. The number of benzene rings is 3. The highest BCUT2D eigenvalue weighted by molar-refractivity contribution is 5.98. The van der Waals surface area contributed by atoms with Crippen molar-refractivity contribution in [2.45, 2.75) is 25.4 Å². The van der Waals surface area contributed by atoms with Crippen LogP contribution in [0, 0.1) is 0 Å². The van der Waals surface area contributed by atoms with Gasteiger partial charge in [0.05, 0.1) is 19.3 Å². The lowest BCUT2D eigenvalue weighted by molar-refractivity contribution is -0.114. The minimum absolute atomic E-state index is 0.0860. The molecule has 2 amide bonds. The number of nitrogens with one attached hydrogen (secondary N) is 3. The van der Waals surface area contributed by atoms with E-state index in [1.807, 2.05) is 42.5 Å². The Bertz CT molecular complexity index is 1100. The Morgan fingerprint density at radius 2 is 1.77 bits per heavy atom. The Balaban J connectivity index is 1.18. The van der Waals surface area contributed by atoms with E-state index in [0.29, 0.717) is 24.4 Å². The monoisotopic (exact) mass is 473 g/mol. The largest absolute Gasteiger partial charge is 0.493 e. The number of hydrogen-bond donors (Lipinski definition) is 3. The zero-order chi connectivity index (χ0) is 24.3. The average Bonchev–Trinajstić information content (AvgIpc) is 3.41. The maximum Gasteiger partial charge on any atom is 0.251 e. The van der Waals surface area contributed by atoms with Crippen LogP contribution in [0.3, 0.4) is 0 Å². The summed E-state index contributed by atoms with van der Waals surface area (Å²) in [5.74, 6) is 0.399. The third-order valence-electron chi connectivity index (χ3n) is 5.73. The van der Waals surface area contributed by atoms with E-state index in [9.17, 15) is 9.59 Å². The second kappa shape index (κ2) is 12.6. The van der Waals surface area contributed by atoms with E-state index in [2.05, 4.69) is 28.1 Å². The van der Waals surface area contributed by atoms with Gasteiger partial charge < -0.3 is 25.4 Å². The normalized spacial score (nSPS) is 14.8. The van der Waals surface area contributed by atoms with E-state index >= 15 is 0 Å². The fourth-order valence-electron chi connectivity index (χ4n) is 3.84. The Hall–Kier alpha value is -3.84. The highest BCUT2D eigenvalue weighted by Crippen LogP contribution is 2.17. The van der Waals surface area contributed by atoms with Crippen molar-refractivity contribution in [3.63, 3.8) is 0 Å². The van der Waals surface area contributed by atoms with Crippen LogP contribution in [-0.2, 0) is 16.0 Å². The topological polar surface area (TPSA) is 88.7 Å². The number of carbonyl (C=O) groups excluding carboxylic acids is 2. The van der Waals surface area contributed by atoms with Crippen LogP contribution in [0.4, 0.5) is 11.4 Å². The summed E-state index contributed by atoms with van der Waals surface area (Å²) in [5, 5.41) is 8.82. The highest BCUT2D eigenvalue weighted by Gasteiger charge is 2.17. The number of amides is 2. The number of rotatable bonds is 11. The van der Waals surface area contributed by atoms with E-state index in [0.717, 1.165) is 37.3 Å². The van der Waals surface area contributed by atoms with Crippen molar-refractivity contribution < 1.29 is 19.1 Å². The molecule has 1 atom stereocenters. The van der Waals surface area contributed by atoms with Gasteiger partial charge in [0, 0.05) is 36.5 Å². The molecule has 7 nitrogen and oxygen atoms in total. The van der Waals surface area contributed by atoms with Crippen LogP contribution in [0.2, 0.25) is 0 Å². The van der Waals surface area contributed by atoms with Crippen molar-refractivity contribution in [1.82, 2.24) is 5.32 Å². The molecule has 3 aromatic rings. The average molecular weight is 474 g/mol. The summed E-state index contributed by atoms with van der Waals surface area (Å²) in [6, 6.07) is 24.6. The van der Waals surface area contributed by atoms with Crippen molar-refractivity contribution in [1.29, 1.82) is 0 Å². The van der Waals surface area contributed by atoms with Gasteiger partial charge in [0.15, 0.2) is 0 Å². The summed E-state index contributed by atoms with van der Waals surface area (Å²) in [7, 11) is 0. The molecule has 3 aromatic carbocycles. The molecule has 182 valence electrons. The van der Waals surface area contributed by atoms with Crippen LogP contribution in [0.25, 0.3) is 0 Å². The molecule has 0 spiro atoms. The Morgan fingerprint density at radius 3 is 2.54 bits per heavy atom. The SMILES string of the molecule is O=C(CNc1ccc(OCCc2ccccc2)cc1)Nc1cccc(C(=O)NCC2CCCO2)c1. The predicted octanol–water partition coefficient (Wildman–Crippen LogP) is 4.27. The van der Waals surface area contributed by atoms with Crippen LogP contribution < -0.4 is 20.7 Å². The molecule has 0 aliphatic carbocycles. The number of ether oxygens (including phenoxy) is 2. The molecule has 7 heteroatoms. The Morgan fingerprint density at radius 1 is 0.943 bits per heavy atom. The lowest BCUT2D eigenvalue weighted by atomic mass is 10.1. The Labute approximate surface area is 205 Å². The first kappa shape index (κ1) is 24.3. The highest BCUT2D eigenvalue weighted by atomic mass is 16.5. The van der Waals surface area contributed by atoms with Gasteiger partial charge in [0.2, 0.25) is 5.91 Å². The third-order valence-corrected chi connectivity index (χ3v) is 5.73. The van der Waals surface area contributed by atoms with Crippen molar-refractivity contribution >= 4 is 23.2 Å². The van der Waals surface area contributed by atoms with Crippen molar-refractivity contribution in [2.24, 2.45) is 0 Å². The molecule has 1 aliphatic rings. The molecule has 1 fully saturated rings. The lowest BCUT2D eigenvalue weighted by Gasteiger charge is -2.12. The van der Waals surface area contributed by atoms with Crippen LogP contribution in [-0.4, -0.2) is 44.2 Å². The van der Waals surface area contributed by atoms with Crippen molar-refractivity contribution in [3.05, 3.63) is 90.0 Å². The quantitative estimate of drug-likeness (QED) is 0.387. The summed E-state index contributed by atoms with van der Waals surface area (Å²) in [4.78, 5) is 24.8. The molecule has 35 heavy (non-hydrogen) atoms. The summed E-state index contributed by atoms with van der Waals surface area (Å²) >= 11 is 0. The smallest absolute Gasteiger partial charge is 0.251 e. The molecule has 1 saturated heterocycles. The lowest BCUT2D eigenvalue weighted by Crippen LogP contribution is -2.31. The first-order chi connectivity index (χ1) is 17.2. The maximum atomic E-state index is 12.4. The standard InChI is InChI=1S/C28H31N3O4/c32-27(31-24-9-4-8-22(18-24)28(33)30-19-26-10-5-16-34-26)20-29-23-11-13-25(14-12-23)35-17-15-21-6-2-1-3-7-21/h1-4,6-9,11-14,18,26,29H,5,10,15-17,19-20H2,(H,30,33)(H,31,32). The van der Waals surface area contributed by atoms with E-state index in [-0.39, 0.29) is 24.5 Å². The number of carbonyl (C=O) groups is 2. The molecule has 1 unspecified atom stereocenters. The van der Waals surface area contributed by atoms with Crippen LogP contribution in [0.15, 0.2) is 78.9 Å². The third kappa shape index (κ3) is 7.86. The fraction of sp³-hybridized carbons (Fsp3) is 0.286. The van der Waals surface area contributed by atoms with Crippen molar-refractivity contribution in [2.75, 3.05) is 36.9 Å². The second-order valence-electron chi connectivity index (χ2n) is 8.44. The fourth-order valence-corrected chi connectivity index (χ4v) is 3.84. The summed E-state index contributed by atoms with van der Waals surface area (Å²) in [6.07, 6.45) is 2.93. The van der Waals surface area contributed by atoms with Gasteiger partial charge in [0.1, 0.15) is 5.75 Å². The molecular formula is C28H31N3O4. The first-order valence-corrected chi connectivity index (χ1v) is 12.0. The molecule has 0 radical (unpaired) electrons. The first-order valence-electron chi connectivity index (χ1n) is 12.0. The van der Waals surface area contributed by atoms with Gasteiger partial charge >= 0.3 is 0 Å². The molecule has 1 aliphatic heterocycles. The predicted molar refractivity (Wildman–Crippen MR) is 137 cm³/mol. The van der Waals surface area contributed by atoms with Crippen LogP contribution in [0.5, 0.6) is 5.75 Å². The minimum Gasteiger partial charge on any atom is -0.493 e. The molecule has 1 heterocycles. The summed E-state index contributed by atoms with van der Waals surface area (Å²) in [5.41, 5.74) is 3.12. The van der Waals surface area contributed by atoms with Gasteiger partial charge in [-0.3, -0.25) is 9.59 Å². The van der Waals surface area contributed by atoms with Gasteiger partial charge in [-0.25, -0.2) is 0 Å². The molecule has 0 bridgehead atoms. The molecule has 0 aromatic heterocycles. The van der Waals surface area contributed by atoms with Crippen LogP contribution >= 0.6 is 0 Å². The molecule has 4 rings (SSSR count). The van der Waals surface area contributed by atoms with Crippen molar-refractivity contribution in [3.8, 4) is 5.75 Å². The van der Waals surface area contributed by atoms with Gasteiger partial charge in [-0.05, 0) is 60.9 Å². The number of hydrogen-bond acceptors (Lipinski definition) is 5. The van der Waals surface area contributed by atoms with E-state index < -0.39 is 0 Å².